The smallest absolute Gasteiger partial charge is 0.0969 e. The van der Waals surface area contributed by atoms with Crippen molar-refractivity contribution in [3.8, 4) is 0 Å². The van der Waals surface area contributed by atoms with Crippen molar-refractivity contribution in [1.82, 2.24) is 5.32 Å². The third-order valence-electron chi connectivity index (χ3n) is 2.40. The van der Waals surface area contributed by atoms with Crippen molar-refractivity contribution in [2.45, 2.75) is 28.1 Å². The first-order valence-corrected chi connectivity index (χ1v) is 6.51. The molecule has 1 heterocycles. The van der Waals surface area contributed by atoms with Gasteiger partial charge in [-0.1, -0.05) is 57.7 Å². The zero-order chi connectivity index (χ0) is 9.19. The van der Waals surface area contributed by atoms with Crippen LogP contribution in [0, 0.1) is 0 Å². The Morgan fingerprint density at radius 3 is 2.75 bits per heavy atom. The Hall–Kier alpha value is 1.16. The lowest BCUT2D eigenvalue weighted by molar-refractivity contribution is 0.612. The summed E-state index contributed by atoms with van der Waals surface area (Å²) in [4.78, 5) is 0. The number of piperidine rings is 1. The van der Waals surface area contributed by atoms with Crippen molar-refractivity contribution in [2.24, 2.45) is 0 Å². The number of allylic oxidation sites excluding steroid dienone is 1. The lowest BCUT2D eigenvalue weighted by Crippen LogP contribution is -2.36. The molecule has 0 aromatic heterocycles. The molecule has 1 N–H and O–H groups in total. The number of hydrogen-bond acceptors (Lipinski definition) is 1. The van der Waals surface area contributed by atoms with Crippen molar-refractivity contribution in [3.05, 3.63) is 11.1 Å². The molecule has 12 heavy (non-hydrogen) atoms. The molecular weight excluding hydrogens is 376 g/mol. The van der Waals surface area contributed by atoms with E-state index in [-0.39, 0.29) is 0 Å². The highest BCUT2D eigenvalue weighted by Crippen LogP contribution is 2.42. The zero-order valence-electron chi connectivity index (χ0n) is 7.58. The van der Waals surface area contributed by atoms with Crippen molar-refractivity contribution in [2.75, 3.05) is 13.1 Å². The van der Waals surface area contributed by atoms with E-state index in [1.165, 1.54) is 12.8 Å². The lowest BCUT2D eigenvalue weighted by atomic mass is 10.00. The molecule has 3 heteroatoms. The molecule has 0 spiro atoms. The molecule has 1 aliphatic rings. The Bertz CT molecular complexity index is 197. The molecule has 1 saturated heterocycles. The number of halogens is 2. The molecule has 1 rings (SSSR count). The molecule has 1 fully saturated rings. The fraction of sp³-hybridized carbons (Fsp3) is 0.778. The Balaban J connectivity index is 2.86. The average molecular weight is 391 g/mol. The number of hydrogen-bond donors (Lipinski definition) is 1. The van der Waals surface area contributed by atoms with Crippen LogP contribution in [0.25, 0.3) is 0 Å². The van der Waals surface area contributed by atoms with Crippen LogP contribution in [0.2, 0.25) is 0 Å². The van der Waals surface area contributed by atoms with E-state index in [0.717, 1.165) is 13.1 Å². The van der Waals surface area contributed by atoms with Gasteiger partial charge >= 0.3 is 0 Å². The van der Waals surface area contributed by atoms with Crippen LogP contribution in [0.3, 0.4) is 0 Å². The topological polar surface area (TPSA) is 12.0 Å². The first-order chi connectivity index (χ1) is 5.58. The molecule has 1 nitrogen and oxygen atoms in total. The fourth-order valence-electron chi connectivity index (χ4n) is 1.42. The van der Waals surface area contributed by atoms with Gasteiger partial charge in [0.2, 0.25) is 0 Å². The van der Waals surface area contributed by atoms with Gasteiger partial charge in [0.05, 0.1) is 1.43 Å². The van der Waals surface area contributed by atoms with Crippen LogP contribution in [0.5, 0.6) is 0 Å². The van der Waals surface area contributed by atoms with Gasteiger partial charge in [0, 0.05) is 6.54 Å². The van der Waals surface area contributed by atoms with Crippen molar-refractivity contribution < 1.29 is 0 Å². The maximum absolute atomic E-state index is 3.44. The summed E-state index contributed by atoms with van der Waals surface area (Å²) in [6.45, 7) is 6.74. The van der Waals surface area contributed by atoms with E-state index < -0.39 is 0 Å². The summed E-state index contributed by atoms with van der Waals surface area (Å²) in [5.74, 6) is 0. The Morgan fingerprint density at radius 1 is 1.58 bits per heavy atom. The SMILES string of the molecule is CC/C(C)=C1/CNCCC1(I)I. The standard InChI is InChI=1S/C9H15I2N/c1-3-7(2)8-6-12-5-4-9(8,10)11/h12H,3-6H2,1-2H3/b8-7-. The number of alkyl halides is 2. The average Bonchev–Trinajstić information content (AvgIpc) is 2.02. The normalized spacial score (nSPS) is 27.0. The summed E-state index contributed by atoms with van der Waals surface area (Å²) in [5.41, 5.74) is 3.17. The second-order valence-corrected chi connectivity index (χ2v) is 8.99. The first kappa shape index (κ1) is 11.2. The van der Waals surface area contributed by atoms with Gasteiger partial charge in [0.15, 0.2) is 0 Å². The van der Waals surface area contributed by atoms with E-state index in [1.54, 1.807) is 11.1 Å². The van der Waals surface area contributed by atoms with E-state index in [0.29, 0.717) is 1.43 Å². The quantitative estimate of drug-likeness (QED) is 0.411. The van der Waals surface area contributed by atoms with Crippen LogP contribution < -0.4 is 5.32 Å². The van der Waals surface area contributed by atoms with E-state index >= 15 is 0 Å². The summed E-state index contributed by atoms with van der Waals surface area (Å²) in [7, 11) is 0. The third kappa shape index (κ3) is 2.57. The molecular formula is C9H15I2N. The summed E-state index contributed by atoms with van der Waals surface area (Å²) in [6, 6.07) is 0. The predicted octanol–water partition coefficient (Wildman–Crippen LogP) is 3.27. The highest BCUT2D eigenvalue weighted by atomic mass is 127. The minimum atomic E-state index is 0.376. The molecule has 0 aromatic carbocycles. The lowest BCUT2D eigenvalue weighted by Gasteiger charge is -2.31. The first-order valence-electron chi connectivity index (χ1n) is 4.35. The summed E-state index contributed by atoms with van der Waals surface area (Å²) < 4.78 is 0.376. The molecule has 0 aliphatic carbocycles. The van der Waals surface area contributed by atoms with Gasteiger partial charge in [-0.05, 0) is 31.9 Å². The maximum atomic E-state index is 3.44. The summed E-state index contributed by atoms with van der Waals surface area (Å²) in [5, 5.41) is 3.44. The molecule has 0 radical (unpaired) electrons. The molecule has 0 atom stereocenters. The van der Waals surface area contributed by atoms with Gasteiger partial charge < -0.3 is 5.32 Å². The molecule has 0 aromatic rings. The second-order valence-electron chi connectivity index (χ2n) is 3.24. The zero-order valence-corrected chi connectivity index (χ0v) is 11.9. The fourth-order valence-corrected chi connectivity index (χ4v) is 3.26. The van der Waals surface area contributed by atoms with Gasteiger partial charge in [0.25, 0.3) is 0 Å². The minimum absolute atomic E-state index is 0.376. The van der Waals surface area contributed by atoms with Crippen LogP contribution in [0.4, 0.5) is 0 Å². The van der Waals surface area contributed by atoms with Crippen LogP contribution in [-0.2, 0) is 0 Å². The monoisotopic (exact) mass is 391 g/mol. The van der Waals surface area contributed by atoms with Crippen LogP contribution in [0.15, 0.2) is 11.1 Å². The highest BCUT2D eigenvalue weighted by Gasteiger charge is 2.31. The van der Waals surface area contributed by atoms with E-state index in [9.17, 15) is 0 Å². The highest BCUT2D eigenvalue weighted by molar-refractivity contribution is 14.2. The maximum Gasteiger partial charge on any atom is 0.0969 e. The molecule has 0 unspecified atom stereocenters. The van der Waals surface area contributed by atoms with Gasteiger partial charge in [0.1, 0.15) is 0 Å². The molecule has 0 amide bonds. The predicted molar refractivity (Wildman–Crippen MR) is 71.2 cm³/mol. The Kier molecular flexibility index (Phi) is 4.30. The van der Waals surface area contributed by atoms with Crippen LogP contribution >= 0.6 is 45.2 Å². The second kappa shape index (κ2) is 4.59. The molecule has 0 saturated carbocycles. The number of rotatable bonds is 1. The Labute approximate surface area is 102 Å². The summed E-state index contributed by atoms with van der Waals surface area (Å²) in [6.07, 6.45) is 2.44. The van der Waals surface area contributed by atoms with E-state index in [2.05, 4.69) is 64.3 Å². The van der Waals surface area contributed by atoms with Gasteiger partial charge in [-0.15, -0.1) is 0 Å². The van der Waals surface area contributed by atoms with E-state index in [4.69, 9.17) is 0 Å². The molecule has 70 valence electrons. The van der Waals surface area contributed by atoms with Gasteiger partial charge in [-0.3, -0.25) is 0 Å². The van der Waals surface area contributed by atoms with E-state index in [1.807, 2.05) is 0 Å². The Morgan fingerprint density at radius 2 is 2.25 bits per heavy atom. The molecule has 0 bridgehead atoms. The van der Waals surface area contributed by atoms with Gasteiger partial charge in [-0.25, -0.2) is 0 Å². The molecule has 1 aliphatic heterocycles. The van der Waals surface area contributed by atoms with Crippen LogP contribution in [0.1, 0.15) is 26.7 Å². The van der Waals surface area contributed by atoms with Gasteiger partial charge in [-0.2, -0.15) is 0 Å². The van der Waals surface area contributed by atoms with Crippen molar-refractivity contribution in [3.63, 3.8) is 0 Å². The summed E-state index contributed by atoms with van der Waals surface area (Å²) >= 11 is 5.16. The van der Waals surface area contributed by atoms with Crippen molar-refractivity contribution >= 4 is 45.2 Å². The number of nitrogens with one attached hydrogen (secondary N) is 1. The minimum Gasteiger partial charge on any atom is -0.313 e. The van der Waals surface area contributed by atoms with Crippen molar-refractivity contribution in [1.29, 1.82) is 0 Å². The van der Waals surface area contributed by atoms with Crippen LogP contribution in [-0.4, -0.2) is 14.5 Å². The largest absolute Gasteiger partial charge is 0.313 e. The third-order valence-corrected chi connectivity index (χ3v) is 4.79.